The van der Waals surface area contributed by atoms with Gasteiger partial charge < -0.3 is 10.4 Å². The van der Waals surface area contributed by atoms with E-state index in [-0.39, 0.29) is 0 Å². The maximum Gasteiger partial charge on any atom is 0.329 e. The highest BCUT2D eigenvalue weighted by Crippen LogP contribution is 2.38. The van der Waals surface area contributed by atoms with Crippen molar-refractivity contribution in [2.75, 3.05) is 5.32 Å². The van der Waals surface area contributed by atoms with Crippen molar-refractivity contribution in [3.05, 3.63) is 27.7 Å². The fourth-order valence-corrected chi connectivity index (χ4v) is 2.48. The van der Waals surface area contributed by atoms with E-state index in [0.717, 1.165) is 23.0 Å². The fourth-order valence-electron chi connectivity index (χ4n) is 1.98. The molecule has 1 aromatic carbocycles. The Morgan fingerprint density at radius 1 is 1.61 bits per heavy atom. The van der Waals surface area contributed by atoms with Gasteiger partial charge in [0.2, 0.25) is 0 Å². The molecule has 5 heteroatoms. The van der Waals surface area contributed by atoms with Crippen LogP contribution in [0.4, 0.5) is 5.69 Å². The van der Waals surface area contributed by atoms with Crippen molar-refractivity contribution in [3.8, 4) is 0 Å². The van der Waals surface area contributed by atoms with Gasteiger partial charge in [-0.05, 0) is 53.4 Å². The van der Waals surface area contributed by atoms with Crippen LogP contribution in [0, 0.1) is 5.92 Å². The highest BCUT2D eigenvalue weighted by Gasteiger charge is 2.39. The smallest absolute Gasteiger partial charge is 0.329 e. The molecule has 0 spiro atoms. The number of halogens is 2. The lowest BCUT2D eigenvalue weighted by Crippen LogP contribution is -2.43. The number of hydrogen-bond donors (Lipinski definition) is 2. The second-order valence-electron chi connectivity index (χ2n) is 5.04. The molecule has 1 unspecified atom stereocenters. The summed E-state index contributed by atoms with van der Waals surface area (Å²) < 4.78 is 0.758. The van der Waals surface area contributed by atoms with Crippen LogP contribution >= 0.6 is 27.5 Å². The Balaban J connectivity index is 2.16. The molecule has 0 radical (unpaired) electrons. The van der Waals surface area contributed by atoms with E-state index in [0.29, 0.717) is 17.4 Å². The average molecular weight is 333 g/mol. The summed E-state index contributed by atoms with van der Waals surface area (Å²) in [7, 11) is 0. The predicted molar refractivity (Wildman–Crippen MR) is 76.2 cm³/mol. The van der Waals surface area contributed by atoms with Crippen molar-refractivity contribution in [1.82, 2.24) is 0 Å². The first-order valence-electron chi connectivity index (χ1n) is 5.87. The second-order valence-corrected chi connectivity index (χ2v) is 6.30. The number of aliphatic carboxylic acids is 1. The summed E-state index contributed by atoms with van der Waals surface area (Å²) in [5.74, 6) is -0.283. The quantitative estimate of drug-likeness (QED) is 0.851. The Bertz CT molecular complexity index is 476. The minimum atomic E-state index is -0.922. The van der Waals surface area contributed by atoms with Crippen LogP contribution in [0.15, 0.2) is 22.7 Å². The van der Waals surface area contributed by atoms with Gasteiger partial charge in [0.05, 0.1) is 5.02 Å². The number of rotatable bonds is 5. The third kappa shape index (κ3) is 3.18. The molecule has 0 bridgehead atoms. The summed E-state index contributed by atoms with van der Waals surface area (Å²) in [6.07, 6.45) is 2.92. The first-order valence-corrected chi connectivity index (χ1v) is 7.04. The number of carbonyl (C=O) groups is 1. The standard InChI is InChI=1S/C13H15BrClNO2/c1-13(12(17)18,7-8-2-3-8)16-9-4-5-11(15)10(14)6-9/h4-6,8,16H,2-3,7H2,1H3,(H,17,18). The van der Waals surface area contributed by atoms with E-state index in [1.807, 2.05) is 0 Å². The van der Waals surface area contributed by atoms with Crippen LogP contribution in [0.1, 0.15) is 26.2 Å². The van der Waals surface area contributed by atoms with Crippen LogP contribution in [0.2, 0.25) is 5.02 Å². The summed E-state index contributed by atoms with van der Waals surface area (Å²) in [5, 5.41) is 13.1. The third-order valence-electron chi connectivity index (χ3n) is 3.21. The lowest BCUT2D eigenvalue weighted by atomic mass is 9.94. The minimum Gasteiger partial charge on any atom is -0.480 e. The molecule has 1 aromatic rings. The van der Waals surface area contributed by atoms with Gasteiger partial charge in [0.15, 0.2) is 0 Å². The molecule has 0 saturated heterocycles. The van der Waals surface area contributed by atoms with Crippen molar-refractivity contribution < 1.29 is 9.90 Å². The van der Waals surface area contributed by atoms with Gasteiger partial charge in [-0.1, -0.05) is 24.4 Å². The summed E-state index contributed by atoms with van der Waals surface area (Å²) in [6.45, 7) is 1.73. The molecule has 1 fully saturated rings. The van der Waals surface area contributed by atoms with E-state index in [4.69, 9.17) is 11.6 Å². The molecule has 2 N–H and O–H groups in total. The maximum atomic E-state index is 11.4. The Labute approximate surface area is 120 Å². The second kappa shape index (κ2) is 5.10. The number of benzene rings is 1. The zero-order chi connectivity index (χ0) is 13.3. The first kappa shape index (κ1) is 13.7. The van der Waals surface area contributed by atoms with E-state index >= 15 is 0 Å². The summed E-state index contributed by atoms with van der Waals surface area (Å²) in [5.41, 5.74) is -0.161. The summed E-state index contributed by atoms with van der Waals surface area (Å²) >= 11 is 9.25. The van der Waals surface area contributed by atoms with Crippen LogP contribution in [0.5, 0.6) is 0 Å². The number of carboxylic acid groups (broad SMARTS) is 1. The van der Waals surface area contributed by atoms with Crippen LogP contribution in [-0.4, -0.2) is 16.6 Å². The lowest BCUT2D eigenvalue weighted by Gasteiger charge is -2.27. The molecule has 0 aliphatic heterocycles. The zero-order valence-electron chi connectivity index (χ0n) is 10.0. The minimum absolute atomic E-state index is 0.536. The summed E-state index contributed by atoms with van der Waals surface area (Å²) in [4.78, 5) is 11.4. The molecule has 0 heterocycles. The predicted octanol–water partition coefficient (Wildman–Crippen LogP) is 4.16. The van der Waals surface area contributed by atoms with E-state index in [9.17, 15) is 9.90 Å². The SMILES string of the molecule is CC(CC1CC1)(Nc1ccc(Cl)c(Br)c1)C(=O)O. The first-order chi connectivity index (χ1) is 8.40. The van der Waals surface area contributed by atoms with Crippen molar-refractivity contribution in [3.63, 3.8) is 0 Å². The average Bonchev–Trinajstić information content (AvgIpc) is 3.07. The van der Waals surface area contributed by atoms with Crippen LogP contribution in [-0.2, 0) is 4.79 Å². The van der Waals surface area contributed by atoms with E-state index < -0.39 is 11.5 Å². The largest absolute Gasteiger partial charge is 0.480 e. The molecule has 1 saturated carbocycles. The highest BCUT2D eigenvalue weighted by atomic mass is 79.9. The molecule has 18 heavy (non-hydrogen) atoms. The van der Waals surface area contributed by atoms with Gasteiger partial charge in [0, 0.05) is 10.2 Å². The molecule has 0 amide bonds. The van der Waals surface area contributed by atoms with Gasteiger partial charge >= 0.3 is 5.97 Å². The topological polar surface area (TPSA) is 49.3 Å². The molecular weight excluding hydrogens is 318 g/mol. The lowest BCUT2D eigenvalue weighted by molar-refractivity contribution is -0.142. The number of hydrogen-bond acceptors (Lipinski definition) is 2. The third-order valence-corrected chi connectivity index (χ3v) is 4.42. The van der Waals surface area contributed by atoms with Gasteiger partial charge in [0.25, 0.3) is 0 Å². The molecular formula is C13H15BrClNO2. The molecule has 98 valence electrons. The summed E-state index contributed by atoms with van der Waals surface area (Å²) in [6, 6.07) is 5.34. The van der Waals surface area contributed by atoms with Gasteiger partial charge in [-0.25, -0.2) is 4.79 Å². The van der Waals surface area contributed by atoms with Crippen LogP contribution in [0.3, 0.4) is 0 Å². The van der Waals surface area contributed by atoms with Gasteiger partial charge in [-0.3, -0.25) is 0 Å². The number of nitrogens with one attached hydrogen (secondary N) is 1. The van der Waals surface area contributed by atoms with Crippen LogP contribution < -0.4 is 5.32 Å². The van der Waals surface area contributed by atoms with Gasteiger partial charge in [-0.2, -0.15) is 0 Å². The normalized spacial score (nSPS) is 18.2. The van der Waals surface area contributed by atoms with Crippen molar-refractivity contribution in [2.24, 2.45) is 5.92 Å². The Hall–Kier alpha value is -0.740. The van der Waals surface area contributed by atoms with E-state index in [1.54, 1.807) is 25.1 Å². The molecule has 1 aliphatic carbocycles. The van der Waals surface area contributed by atoms with Gasteiger partial charge in [-0.15, -0.1) is 0 Å². The van der Waals surface area contributed by atoms with Crippen molar-refractivity contribution >= 4 is 39.2 Å². The fraction of sp³-hybridized carbons (Fsp3) is 0.462. The Morgan fingerprint density at radius 3 is 2.78 bits per heavy atom. The molecule has 1 aliphatic rings. The monoisotopic (exact) mass is 331 g/mol. The zero-order valence-corrected chi connectivity index (χ0v) is 12.4. The molecule has 1 atom stereocenters. The van der Waals surface area contributed by atoms with E-state index in [2.05, 4.69) is 21.2 Å². The van der Waals surface area contributed by atoms with Gasteiger partial charge in [0.1, 0.15) is 5.54 Å². The Kier molecular flexibility index (Phi) is 3.87. The van der Waals surface area contributed by atoms with Crippen molar-refractivity contribution in [1.29, 1.82) is 0 Å². The van der Waals surface area contributed by atoms with Crippen molar-refractivity contribution in [2.45, 2.75) is 31.7 Å². The number of carboxylic acids is 1. The molecule has 0 aromatic heterocycles. The Morgan fingerprint density at radius 2 is 2.28 bits per heavy atom. The molecule has 2 rings (SSSR count). The highest BCUT2D eigenvalue weighted by molar-refractivity contribution is 9.10. The molecule has 3 nitrogen and oxygen atoms in total. The maximum absolute atomic E-state index is 11.4. The van der Waals surface area contributed by atoms with Crippen LogP contribution in [0.25, 0.3) is 0 Å². The van der Waals surface area contributed by atoms with E-state index in [1.165, 1.54) is 0 Å². The number of anilines is 1.